The van der Waals surface area contributed by atoms with Crippen LogP contribution in [0.4, 0.5) is 5.69 Å². The Bertz CT molecular complexity index is 399. The summed E-state index contributed by atoms with van der Waals surface area (Å²) in [5.41, 5.74) is 2.43. The van der Waals surface area contributed by atoms with Gasteiger partial charge in [0.2, 0.25) is 0 Å². The molecule has 0 aromatic heterocycles. The van der Waals surface area contributed by atoms with Gasteiger partial charge in [-0.15, -0.1) is 0 Å². The topological polar surface area (TPSA) is 24.4 Å². The van der Waals surface area contributed by atoms with Crippen LogP contribution in [-0.2, 0) is 0 Å². The first-order valence-electron chi connectivity index (χ1n) is 5.70. The number of rotatable bonds is 2. The molecule has 1 aliphatic rings. The van der Waals surface area contributed by atoms with E-state index < -0.39 is 0 Å². The van der Waals surface area contributed by atoms with E-state index in [4.69, 9.17) is 0 Å². The number of thioether (sulfide) groups is 1. The van der Waals surface area contributed by atoms with Gasteiger partial charge in [-0.2, -0.15) is 0 Å². The van der Waals surface area contributed by atoms with Crippen LogP contribution in [0, 0.1) is 12.8 Å². The maximum absolute atomic E-state index is 4.54. The molecule has 0 saturated carbocycles. The molecule has 0 spiro atoms. The molecule has 0 fully saturated rings. The summed E-state index contributed by atoms with van der Waals surface area (Å²) in [6.07, 6.45) is 0. The molecule has 0 saturated heterocycles. The van der Waals surface area contributed by atoms with E-state index in [1.54, 1.807) is 0 Å². The van der Waals surface area contributed by atoms with Crippen LogP contribution in [0.1, 0.15) is 19.4 Å². The number of hydrogen-bond acceptors (Lipinski definition) is 3. The molecular weight excluding hydrogens is 216 g/mol. The summed E-state index contributed by atoms with van der Waals surface area (Å²) >= 11 is 1.86. The molecule has 0 radical (unpaired) electrons. The average molecular weight is 234 g/mol. The number of benzene rings is 1. The Kier molecular flexibility index (Phi) is 3.54. The summed E-state index contributed by atoms with van der Waals surface area (Å²) in [7, 11) is 0. The van der Waals surface area contributed by atoms with E-state index in [2.05, 4.69) is 55.3 Å². The molecule has 86 valence electrons. The number of amidine groups is 1. The van der Waals surface area contributed by atoms with Crippen molar-refractivity contribution in [1.29, 1.82) is 0 Å². The van der Waals surface area contributed by atoms with Crippen molar-refractivity contribution in [2.75, 3.05) is 11.9 Å². The summed E-state index contributed by atoms with van der Waals surface area (Å²) in [6.45, 7) is 7.56. The SMILES string of the molecule is Cc1ccccc1NC1=NCC(C(C)C)S1. The van der Waals surface area contributed by atoms with Crippen molar-refractivity contribution in [2.45, 2.75) is 26.0 Å². The predicted octanol–water partition coefficient (Wildman–Crippen LogP) is 3.53. The fourth-order valence-corrected chi connectivity index (χ4v) is 2.66. The largest absolute Gasteiger partial charge is 0.335 e. The summed E-state index contributed by atoms with van der Waals surface area (Å²) in [5.74, 6) is 0.685. The zero-order valence-corrected chi connectivity index (χ0v) is 10.8. The number of para-hydroxylation sites is 1. The first-order chi connectivity index (χ1) is 7.66. The molecule has 1 atom stereocenters. The smallest absolute Gasteiger partial charge is 0.161 e. The van der Waals surface area contributed by atoms with Gasteiger partial charge in [0.25, 0.3) is 0 Å². The zero-order valence-electron chi connectivity index (χ0n) is 10.0. The Balaban J connectivity index is 2.00. The lowest BCUT2D eigenvalue weighted by Gasteiger charge is -2.13. The molecule has 2 nitrogen and oxygen atoms in total. The van der Waals surface area contributed by atoms with Crippen LogP contribution in [-0.4, -0.2) is 17.0 Å². The number of aryl methyl sites for hydroxylation is 1. The molecule has 0 aliphatic carbocycles. The van der Waals surface area contributed by atoms with Crippen molar-refractivity contribution in [2.24, 2.45) is 10.9 Å². The lowest BCUT2D eigenvalue weighted by atomic mass is 10.1. The number of nitrogens with one attached hydrogen (secondary N) is 1. The third-order valence-corrected chi connectivity index (χ3v) is 4.26. The third kappa shape index (κ3) is 2.59. The first kappa shape index (κ1) is 11.5. The van der Waals surface area contributed by atoms with Crippen molar-refractivity contribution in [3.8, 4) is 0 Å². The minimum absolute atomic E-state index is 0.631. The number of aliphatic imine (C=N–C) groups is 1. The number of nitrogens with zero attached hydrogens (tertiary/aromatic N) is 1. The highest BCUT2D eigenvalue weighted by Gasteiger charge is 2.22. The second-order valence-electron chi connectivity index (χ2n) is 4.49. The molecule has 1 aromatic rings. The van der Waals surface area contributed by atoms with Crippen molar-refractivity contribution in [3.05, 3.63) is 29.8 Å². The maximum Gasteiger partial charge on any atom is 0.161 e. The molecule has 16 heavy (non-hydrogen) atoms. The second-order valence-corrected chi connectivity index (χ2v) is 5.71. The summed E-state index contributed by atoms with van der Waals surface area (Å²) in [5, 5.41) is 5.10. The van der Waals surface area contributed by atoms with E-state index in [0.29, 0.717) is 11.2 Å². The van der Waals surface area contributed by atoms with Crippen LogP contribution in [0.15, 0.2) is 29.3 Å². The zero-order chi connectivity index (χ0) is 11.5. The molecule has 0 bridgehead atoms. The predicted molar refractivity (Wildman–Crippen MR) is 73.3 cm³/mol. The molecule has 1 aliphatic heterocycles. The fraction of sp³-hybridized carbons (Fsp3) is 0.462. The highest BCUT2D eigenvalue weighted by Crippen LogP contribution is 2.28. The second kappa shape index (κ2) is 4.91. The van der Waals surface area contributed by atoms with E-state index in [1.165, 1.54) is 5.56 Å². The van der Waals surface area contributed by atoms with Crippen LogP contribution in [0.2, 0.25) is 0 Å². The Morgan fingerprint density at radius 1 is 1.38 bits per heavy atom. The average Bonchev–Trinajstić information content (AvgIpc) is 2.70. The molecule has 0 amide bonds. The van der Waals surface area contributed by atoms with Crippen LogP contribution in [0.25, 0.3) is 0 Å². The van der Waals surface area contributed by atoms with E-state index >= 15 is 0 Å². The molecule has 1 heterocycles. The van der Waals surface area contributed by atoms with Crippen LogP contribution >= 0.6 is 11.8 Å². The van der Waals surface area contributed by atoms with E-state index in [1.807, 2.05) is 11.8 Å². The highest BCUT2D eigenvalue weighted by atomic mass is 32.2. The summed E-state index contributed by atoms with van der Waals surface area (Å²) in [6, 6.07) is 8.32. The van der Waals surface area contributed by atoms with Gasteiger partial charge in [-0.05, 0) is 24.5 Å². The van der Waals surface area contributed by atoms with Gasteiger partial charge >= 0.3 is 0 Å². The minimum Gasteiger partial charge on any atom is -0.335 e. The van der Waals surface area contributed by atoms with Gasteiger partial charge in [0, 0.05) is 10.9 Å². The van der Waals surface area contributed by atoms with E-state index in [9.17, 15) is 0 Å². The first-order valence-corrected chi connectivity index (χ1v) is 6.58. The molecular formula is C13H18N2S. The Labute approximate surface area is 102 Å². The van der Waals surface area contributed by atoms with E-state index in [-0.39, 0.29) is 0 Å². The standard InChI is InChI=1S/C13H18N2S/c1-9(2)12-8-14-13(16-12)15-11-7-5-4-6-10(11)3/h4-7,9,12H,8H2,1-3H3,(H,14,15). The third-order valence-electron chi connectivity index (χ3n) is 2.81. The van der Waals surface area contributed by atoms with Crippen molar-refractivity contribution in [3.63, 3.8) is 0 Å². The van der Waals surface area contributed by atoms with Crippen LogP contribution < -0.4 is 5.32 Å². The minimum atomic E-state index is 0.631. The highest BCUT2D eigenvalue weighted by molar-refractivity contribution is 8.15. The van der Waals surface area contributed by atoms with Crippen LogP contribution in [0.3, 0.4) is 0 Å². The Morgan fingerprint density at radius 2 is 2.12 bits per heavy atom. The summed E-state index contributed by atoms with van der Waals surface area (Å²) < 4.78 is 0. The van der Waals surface area contributed by atoms with Crippen molar-refractivity contribution >= 4 is 22.6 Å². The fourth-order valence-electron chi connectivity index (χ4n) is 1.64. The molecule has 2 rings (SSSR count). The Morgan fingerprint density at radius 3 is 2.75 bits per heavy atom. The lowest BCUT2D eigenvalue weighted by molar-refractivity contribution is 0.621. The summed E-state index contributed by atoms with van der Waals surface area (Å²) in [4.78, 5) is 4.54. The molecule has 1 unspecified atom stereocenters. The number of hydrogen-bond donors (Lipinski definition) is 1. The van der Waals surface area contributed by atoms with Gasteiger partial charge in [0.1, 0.15) is 0 Å². The van der Waals surface area contributed by atoms with E-state index in [0.717, 1.165) is 17.4 Å². The van der Waals surface area contributed by atoms with Gasteiger partial charge in [-0.1, -0.05) is 43.8 Å². The maximum atomic E-state index is 4.54. The van der Waals surface area contributed by atoms with Crippen molar-refractivity contribution < 1.29 is 0 Å². The Hall–Kier alpha value is -0.960. The van der Waals surface area contributed by atoms with Gasteiger partial charge in [-0.25, -0.2) is 0 Å². The number of anilines is 1. The molecule has 1 N–H and O–H groups in total. The molecule has 1 aromatic carbocycles. The van der Waals surface area contributed by atoms with Crippen LogP contribution in [0.5, 0.6) is 0 Å². The quantitative estimate of drug-likeness (QED) is 0.846. The normalized spacial score (nSPS) is 20.0. The van der Waals surface area contributed by atoms with Gasteiger partial charge in [0.05, 0.1) is 6.54 Å². The lowest BCUT2D eigenvalue weighted by Crippen LogP contribution is -2.13. The molecule has 3 heteroatoms. The van der Waals surface area contributed by atoms with Gasteiger partial charge < -0.3 is 5.32 Å². The van der Waals surface area contributed by atoms with Crippen molar-refractivity contribution in [1.82, 2.24) is 0 Å². The monoisotopic (exact) mass is 234 g/mol. The van der Waals surface area contributed by atoms with Gasteiger partial charge in [-0.3, -0.25) is 4.99 Å². The van der Waals surface area contributed by atoms with Gasteiger partial charge in [0.15, 0.2) is 5.17 Å².